The van der Waals surface area contributed by atoms with Gasteiger partial charge in [0.05, 0.1) is 27.2 Å². The Hall–Kier alpha value is -3.82. The standard InChI is InChI=1S/C18H16N4O6/c23-17(14-8-7-12(21(25)26)11-16(14)22(27)28)19-15-6-2-1-5-13(15)18(24)20-9-3-4-10-20/h1-2,5-8,11H,3-4,9-10H2,(H,19,23). The first-order chi connectivity index (χ1) is 13.4. The highest BCUT2D eigenvalue weighted by molar-refractivity contribution is 6.10. The Labute approximate surface area is 159 Å². The highest BCUT2D eigenvalue weighted by Gasteiger charge is 2.26. The molecule has 144 valence electrons. The van der Waals surface area contributed by atoms with Crippen molar-refractivity contribution in [2.45, 2.75) is 12.8 Å². The number of likely N-dealkylation sites (tertiary alicyclic amines) is 1. The minimum Gasteiger partial charge on any atom is -0.339 e. The fourth-order valence-electron chi connectivity index (χ4n) is 3.04. The zero-order valence-electron chi connectivity index (χ0n) is 14.7. The van der Waals surface area contributed by atoms with Crippen LogP contribution in [0.25, 0.3) is 0 Å². The maximum Gasteiger partial charge on any atom is 0.289 e. The summed E-state index contributed by atoms with van der Waals surface area (Å²) in [7, 11) is 0. The van der Waals surface area contributed by atoms with E-state index in [4.69, 9.17) is 0 Å². The van der Waals surface area contributed by atoms with E-state index in [1.807, 2.05) is 0 Å². The van der Waals surface area contributed by atoms with Gasteiger partial charge < -0.3 is 10.2 Å². The molecule has 1 aliphatic rings. The molecule has 2 aromatic carbocycles. The van der Waals surface area contributed by atoms with Crippen molar-refractivity contribution in [2.75, 3.05) is 18.4 Å². The van der Waals surface area contributed by atoms with Gasteiger partial charge >= 0.3 is 0 Å². The molecule has 2 aromatic rings. The molecule has 1 N–H and O–H groups in total. The van der Waals surface area contributed by atoms with Gasteiger partial charge in [0.1, 0.15) is 5.56 Å². The summed E-state index contributed by atoms with van der Waals surface area (Å²) in [5.74, 6) is -1.06. The molecule has 0 radical (unpaired) electrons. The number of benzene rings is 2. The molecule has 0 bridgehead atoms. The molecule has 0 spiro atoms. The van der Waals surface area contributed by atoms with E-state index >= 15 is 0 Å². The van der Waals surface area contributed by atoms with Crippen LogP contribution < -0.4 is 5.32 Å². The number of carbonyl (C=O) groups excluding carboxylic acids is 2. The first-order valence-corrected chi connectivity index (χ1v) is 8.51. The number of nitro groups is 2. The number of nitro benzene ring substituents is 2. The first kappa shape index (κ1) is 19.0. The minimum absolute atomic E-state index is 0.219. The Kier molecular flexibility index (Phi) is 5.30. The Morgan fingerprint density at radius 2 is 1.61 bits per heavy atom. The lowest BCUT2D eigenvalue weighted by Gasteiger charge is -2.18. The van der Waals surface area contributed by atoms with Gasteiger partial charge in [-0.05, 0) is 31.0 Å². The molecule has 0 saturated carbocycles. The Morgan fingerprint density at radius 1 is 0.929 bits per heavy atom. The maximum atomic E-state index is 12.7. The van der Waals surface area contributed by atoms with Gasteiger partial charge in [-0.1, -0.05) is 12.1 Å². The monoisotopic (exact) mass is 384 g/mol. The number of amides is 2. The molecule has 10 nitrogen and oxygen atoms in total. The maximum absolute atomic E-state index is 12.7. The third-order valence-corrected chi connectivity index (χ3v) is 4.43. The average molecular weight is 384 g/mol. The molecule has 2 amide bonds. The van der Waals surface area contributed by atoms with E-state index in [9.17, 15) is 29.8 Å². The van der Waals surface area contributed by atoms with Gasteiger partial charge in [0, 0.05) is 19.2 Å². The van der Waals surface area contributed by atoms with Crippen LogP contribution in [0.4, 0.5) is 17.1 Å². The molecular weight excluding hydrogens is 368 g/mol. The van der Waals surface area contributed by atoms with Crippen LogP contribution in [0.1, 0.15) is 33.6 Å². The summed E-state index contributed by atoms with van der Waals surface area (Å²) in [5, 5.41) is 24.6. The highest BCUT2D eigenvalue weighted by Crippen LogP contribution is 2.27. The molecule has 28 heavy (non-hydrogen) atoms. The van der Waals surface area contributed by atoms with E-state index in [2.05, 4.69) is 5.32 Å². The number of hydrogen-bond acceptors (Lipinski definition) is 6. The Morgan fingerprint density at radius 3 is 2.25 bits per heavy atom. The van der Waals surface area contributed by atoms with Crippen LogP contribution in [0.15, 0.2) is 42.5 Å². The summed E-state index contributed by atoms with van der Waals surface area (Å²) in [6.07, 6.45) is 1.82. The van der Waals surface area contributed by atoms with Gasteiger partial charge in [0.15, 0.2) is 0 Å². The van der Waals surface area contributed by atoms with Crippen LogP contribution in [0, 0.1) is 20.2 Å². The second-order valence-electron chi connectivity index (χ2n) is 6.21. The van der Waals surface area contributed by atoms with Gasteiger partial charge in [-0.15, -0.1) is 0 Å². The summed E-state index contributed by atoms with van der Waals surface area (Å²) >= 11 is 0. The fourth-order valence-corrected chi connectivity index (χ4v) is 3.04. The van der Waals surface area contributed by atoms with Crippen molar-refractivity contribution in [2.24, 2.45) is 0 Å². The molecule has 0 aliphatic carbocycles. The molecule has 1 fully saturated rings. The topological polar surface area (TPSA) is 136 Å². The summed E-state index contributed by atoms with van der Waals surface area (Å²) in [6.45, 7) is 1.27. The molecule has 0 unspecified atom stereocenters. The van der Waals surface area contributed by atoms with Crippen LogP contribution in [0.5, 0.6) is 0 Å². The zero-order valence-corrected chi connectivity index (χ0v) is 14.7. The van der Waals surface area contributed by atoms with Gasteiger partial charge in [0.25, 0.3) is 23.2 Å². The number of nitrogens with zero attached hydrogens (tertiary/aromatic N) is 3. The second kappa shape index (κ2) is 7.82. The van der Waals surface area contributed by atoms with Crippen molar-refractivity contribution >= 4 is 28.9 Å². The molecule has 0 atom stereocenters. The molecule has 1 heterocycles. The van der Waals surface area contributed by atoms with E-state index < -0.39 is 27.1 Å². The summed E-state index contributed by atoms with van der Waals surface area (Å²) in [4.78, 5) is 47.4. The number of anilines is 1. The number of para-hydroxylation sites is 1. The molecule has 10 heteroatoms. The smallest absolute Gasteiger partial charge is 0.289 e. The first-order valence-electron chi connectivity index (χ1n) is 8.51. The Bertz CT molecular complexity index is 968. The van der Waals surface area contributed by atoms with Crippen LogP contribution >= 0.6 is 0 Å². The quantitative estimate of drug-likeness (QED) is 0.622. The SMILES string of the molecule is O=C(Nc1ccccc1C(=O)N1CCCC1)c1ccc([N+](=O)[O-])cc1[N+](=O)[O-]. The summed E-state index contributed by atoms with van der Waals surface area (Å²) in [6, 6.07) is 9.16. The van der Waals surface area contributed by atoms with Crippen LogP contribution in [-0.2, 0) is 0 Å². The number of non-ortho nitro benzene ring substituents is 1. The number of nitrogens with one attached hydrogen (secondary N) is 1. The molecule has 0 aromatic heterocycles. The molecule has 1 aliphatic heterocycles. The third-order valence-electron chi connectivity index (χ3n) is 4.43. The van der Waals surface area contributed by atoms with Crippen molar-refractivity contribution in [3.63, 3.8) is 0 Å². The van der Waals surface area contributed by atoms with Crippen LogP contribution in [0.3, 0.4) is 0 Å². The third kappa shape index (κ3) is 3.80. The van der Waals surface area contributed by atoms with E-state index in [-0.39, 0.29) is 22.7 Å². The van der Waals surface area contributed by atoms with Crippen LogP contribution in [0.2, 0.25) is 0 Å². The largest absolute Gasteiger partial charge is 0.339 e. The van der Waals surface area contributed by atoms with Gasteiger partial charge in [-0.2, -0.15) is 0 Å². The second-order valence-corrected chi connectivity index (χ2v) is 6.21. The predicted octanol–water partition coefficient (Wildman–Crippen LogP) is 2.99. The lowest BCUT2D eigenvalue weighted by molar-refractivity contribution is -0.394. The number of carbonyl (C=O) groups is 2. The van der Waals surface area contributed by atoms with E-state index in [1.54, 1.807) is 23.1 Å². The molecule has 1 saturated heterocycles. The number of rotatable bonds is 5. The van der Waals surface area contributed by atoms with E-state index in [0.717, 1.165) is 31.0 Å². The highest BCUT2D eigenvalue weighted by atomic mass is 16.6. The summed E-state index contributed by atoms with van der Waals surface area (Å²) < 4.78 is 0. The van der Waals surface area contributed by atoms with E-state index in [0.29, 0.717) is 13.1 Å². The van der Waals surface area contributed by atoms with Crippen molar-refractivity contribution in [1.82, 2.24) is 4.90 Å². The minimum atomic E-state index is -0.858. The van der Waals surface area contributed by atoms with Gasteiger partial charge in [-0.25, -0.2) is 0 Å². The van der Waals surface area contributed by atoms with Crippen molar-refractivity contribution in [3.8, 4) is 0 Å². The van der Waals surface area contributed by atoms with Crippen molar-refractivity contribution in [3.05, 3.63) is 73.8 Å². The normalized spacial score (nSPS) is 13.2. The molecular formula is C18H16N4O6. The van der Waals surface area contributed by atoms with Crippen LogP contribution in [-0.4, -0.2) is 39.7 Å². The lowest BCUT2D eigenvalue weighted by Crippen LogP contribution is -2.28. The zero-order chi connectivity index (χ0) is 20.3. The van der Waals surface area contributed by atoms with Crippen molar-refractivity contribution in [1.29, 1.82) is 0 Å². The average Bonchev–Trinajstić information content (AvgIpc) is 3.22. The van der Waals surface area contributed by atoms with Gasteiger partial charge in [-0.3, -0.25) is 29.8 Å². The molecule has 3 rings (SSSR count). The predicted molar refractivity (Wildman–Crippen MR) is 99.3 cm³/mol. The summed E-state index contributed by atoms with van der Waals surface area (Å²) in [5.41, 5.74) is -1.01. The lowest BCUT2D eigenvalue weighted by atomic mass is 10.1. The van der Waals surface area contributed by atoms with Crippen molar-refractivity contribution < 1.29 is 19.4 Å². The van der Waals surface area contributed by atoms with Gasteiger partial charge in [0.2, 0.25) is 0 Å². The number of hydrogen-bond donors (Lipinski definition) is 1. The fraction of sp³-hybridized carbons (Fsp3) is 0.222. The van der Waals surface area contributed by atoms with E-state index in [1.165, 1.54) is 6.07 Å². The Balaban J connectivity index is 1.91.